The van der Waals surface area contributed by atoms with Crippen LogP contribution in [-0.4, -0.2) is 53.2 Å². The van der Waals surface area contributed by atoms with Crippen molar-refractivity contribution >= 4 is 21.7 Å². The van der Waals surface area contributed by atoms with Crippen LogP contribution in [0.15, 0.2) is 6.33 Å². The predicted octanol–water partition coefficient (Wildman–Crippen LogP) is -1.14. The Balaban J connectivity index is 1.86. The van der Waals surface area contributed by atoms with E-state index in [4.69, 9.17) is 5.14 Å². The largest absolute Gasteiger partial charge is 0.294 e. The van der Waals surface area contributed by atoms with Crippen molar-refractivity contribution in [1.82, 2.24) is 18.6 Å². The Morgan fingerprint density at radius 1 is 1.38 bits per heavy atom. The van der Waals surface area contributed by atoms with E-state index in [1.54, 1.807) is 0 Å². The van der Waals surface area contributed by atoms with Gasteiger partial charge in [0.2, 0.25) is 0 Å². The van der Waals surface area contributed by atoms with E-state index < -0.39 is 10.2 Å². The number of hydrogen-bond donors (Lipinski definition) is 1. The first-order valence-corrected chi connectivity index (χ1v) is 7.09. The number of nitrogens with zero attached hydrogens (tertiary/aromatic N) is 4. The fourth-order valence-corrected chi connectivity index (χ4v) is 2.82. The Morgan fingerprint density at radius 2 is 2.06 bits per heavy atom. The molecule has 1 fully saturated rings. The second-order valence-corrected chi connectivity index (χ2v) is 5.97. The molecule has 1 saturated heterocycles. The molecule has 1 aromatic rings. The van der Waals surface area contributed by atoms with Crippen molar-refractivity contribution in [3.63, 3.8) is 0 Å². The van der Waals surface area contributed by atoms with Crippen LogP contribution in [0.2, 0.25) is 0 Å². The van der Waals surface area contributed by atoms with E-state index in [0.717, 1.165) is 11.6 Å². The topological polar surface area (TPSA) is 92.4 Å². The first kappa shape index (κ1) is 11.9. The average Bonchev–Trinajstić information content (AvgIpc) is 2.70. The van der Waals surface area contributed by atoms with E-state index in [0.29, 0.717) is 26.2 Å². The molecule has 2 rings (SSSR count). The third kappa shape index (κ3) is 2.95. The molecule has 16 heavy (non-hydrogen) atoms. The van der Waals surface area contributed by atoms with E-state index in [2.05, 4.69) is 14.3 Å². The minimum absolute atomic E-state index is 0.442. The molecule has 0 atom stereocenters. The summed E-state index contributed by atoms with van der Waals surface area (Å²) in [6.07, 6.45) is 1.53. The van der Waals surface area contributed by atoms with Gasteiger partial charge in [-0.3, -0.25) is 4.90 Å². The Kier molecular flexibility index (Phi) is 3.50. The molecule has 1 aliphatic heterocycles. The van der Waals surface area contributed by atoms with Gasteiger partial charge in [-0.25, -0.2) is 10.1 Å². The molecule has 2 heterocycles. The van der Waals surface area contributed by atoms with Crippen molar-refractivity contribution in [1.29, 1.82) is 0 Å². The van der Waals surface area contributed by atoms with Gasteiger partial charge >= 0.3 is 0 Å². The summed E-state index contributed by atoms with van der Waals surface area (Å²) in [5.41, 5.74) is 0. The van der Waals surface area contributed by atoms with E-state index in [-0.39, 0.29) is 0 Å². The molecule has 0 bridgehead atoms. The zero-order chi connectivity index (χ0) is 11.6. The molecule has 0 amide bonds. The summed E-state index contributed by atoms with van der Waals surface area (Å²) in [5.74, 6) is 0. The molecular weight excluding hydrogens is 250 g/mol. The summed E-state index contributed by atoms with van der Waals surface area (Å²) < 4.78 is 27.4. The van der Waals surface area contributed by atoms with Crippen LogP contribution in [0.5, 0.6) is 0 Å². The molecule has 1 aromatic heterocycles. The number of nitrogens with two attached hydrogens (primary N) is 1. The standard InChI is InChI=1S/C7H13N5O2S2/c8-16(13,14)12-3-1-11(2-4-12)5-7-9-6-10-15-7/h6H,1-5H2,(H2,8,13,14). The Morgan fingerprint density at radius 3 is 2.56 bits per heavy atom. The average molecular weight is 263 g/mol. The van der Waals surface area contributed by atoms with Crippen molar-refractivity contribution in [2.45, 2.75) is 6.54 Å². The summed E-state index contributed by atoms with van der Waals surface area (Å²) in [6.45, 7) is 2.96. The summed E-state index contributed by atoms with van der Waals surface area (Å²) in [4.78, 5) is 6.23. The van der Waals surface area contributed by atoms with Crippen molar-refractivity contribution in [3.05, 3.63) is 11.3 Å². The lowest BCUT2D eigenvalue weighted by atomic mass is 10.3. The molecule has 2 N–H and O–H groups in total. The van der Waals surface area contributed by atoms with Crippen LogP contribution in [0.3, 0.4) is 0 Å². The maximum Gasteiger partial charge on any atom is 0.276 e. The van der Waals surface area contributed by atoms with Crippen molar-refractivity contribution in [2.24, 2.45) is 5.14 Å². The van der Waals surface area contributed by atoms with Gasteiger partial charge in [0.25, 0.3) is 10.2 Å². The summed E-state index contributed by atoms with van der Waals surface area (Å²) in [7, 11) is -3.53. The first-order valence-electron chi connectivity index (χ1n) is 4.81. The highest BCUT2D eigenvalue weighted by Crippen LogP contribution is 2.09. The van der Waals surface area contributed by atoms with Crippen molar-refractivity contribution < 1.29 is 8.42 Å². The molecular formula is C7H13N5O2S2. The zero-order valence-electron chi connectivity index (χ0n) is 8.61. The van der Waals surface area contributed by atoms with Gasteiger partial charge in [-0.05, 0) is 11.5 Å². The van der Waals surface area contributed by atoms with E-state index in [1.807, 2.05) is 0 Å². The molecule has 1 aliphatic rings. The van der Waals surface area contributed by atoms with Crippen LogP contribution in [-0.2, 0) is 16.8 Å². The van der Waals surface area contributed by atoms with Crippen molar-refractivity contribution in [2.75, 3.05) is 26.2 Å². The van der Waals surface area contributed by atoms with Gasteiger partial charge in [0.05, 0.1) is 6.54 Å². The molecule has 7 nitrogen and oxygen atoms in total. The quantitative estimate of drug-likeness (QED) is 0.744. The highest BCUT2D eigenvalue weighted by molar-refractivity contribution is 7.86. The van der Waals surface area contributed by atoms with Crippen LogP contribution in [0, 0.1) is 0 Å². The van der Waals surface area contributed by atoms with Crippen LogP contribution >= 0.6 is 11.5 Å². The van der Waals surface area contributed by atoms with Gasteiger partial charge in [0, 0.05) is 26.2 Å². The number of rotatable bonds is 3. The third-order valence-electron chi connectivity index (χ3n) is 2.46. The Bertz CT molecular complexity index is 424. The molecule has 0 unspecified atom stereocenters. The molecule has 0 aromatic carbocycles. The number of aromatic nitrogens is 2. The monoisotopic (exact) mass is 263 g/mol. The minimum atomic E-state index is -3.53. The second-order valence-electron chi connectivity index (χ2n) is 3.56. The maximum atomic E-state index is 11.1. The SMILES string of the molecule is NS(=O)(=O)N1CCN(Cc2ncns2)CC1. The van der Waals surface area contributed by atoms with Crippen molar-refractivity contribution in [3.8, 4) is 0 Å². The van der Waals surface area contributed by atoms with Gasteiger partial charge in [-0.15, -0.1) is 0 Å². The van der Waals surface area contributed by atoms with Crippen LogP contribution in [0.25, 0.3) is 0 Å². The first-order chi connectivity index (χ1) is 7.55. The molecule has 0 spiro atoms. The minimum Gasteiger partial charge on any atom is -0.294 e. The second kappa shape index (κ2) is 4.72. The zero-order valence-corrected chi connectivity index (χ0v) is 10.2. The maximum absolute atomic E-state index is 11.1. The van der Waals surface area contributed by atoms with Crippen LogP contribution in [0.4, 0.5) is 0 Å². The summed E-state index contributed by atoms with van der Waals surface area (Å²) >= 11 is 1.36. The predicted molar refractivity (Wildman–Crippen MR) is 59.9 cm³/mol. The molecule has 0 radical (unpaired) electrons. The van der Waals surface area contributed by atoms with Gasteiger partial charge in [-0.2, -0.15) is 17.1 Å². The third-order valence-corrected chi connectivity index (χ3v) is 4.19. The highest BCUT2D eigenvalue weighted by Gasteiger charge is 2.24. The van der Waals surface area contributed by atoms with Gasteiger partial charge in [-0.1, -0.05) is 0 Å². The van der Waals surface area contributed by atoms with E-state index in [9.17, 15) is 8.42 Å². The smallest absolute Gasteiger partial charge is 0.276 e. The lowest BCUT2D eigenvalue weighted by molar-refractivity contribution is 0.181. The molecule has 0 saturated carbocycles. The van der Waals surface area contributed by atoms with Crippen LogP contribution in [0.1, 0.15) is 5.01 Å². The summed E-state index contributed by atoms with van der Waals surface area (Å²) in [6, 6.07) is 0. The fraction of sp³-hybridized carbons (Fsp3) is 0.714. The Hall–Kier alpha value is -0.610. The molecule has 90 valence electrons. The lowest BCUT2D eigenvalue weighted by Gasteiger charge is -2.32. The summed E-state index contributed by atoms with van der Waals surface area (Å²) in [5, 5.41) is 6.00. The Labute approximate surface area is 98.2 Å². The molecule has 9 heteroatoms. The molecule has 0 aliphatic carbocycles. The lowest BCUT2D eigenvalue weighted by Crippen LogP contribution is -2.50. The van der Waals surface area contributed by atoms with E-state index in [1.165, 1.54) is 22.2 Å². The number of piperazine rings is 1. The highest BCUT2D eigenvalue weighted by atomic mass is 32.2. The van der Waals surface area contributed by atoms with Gasteiger partial charge < -0.3 is 0 Å². The van der Waals surface area contributed by atoms with Gasteiger partial charge in [0.1, 0.15) is 11.3 Å². The normalized spacial score (nSPS) is 20.1. The van der Waals surface area contributed by atoms with Gasteiger partial charge in [0.15, 0.2) is 0 Å². The van der Waals surface area contributed by atoms with E-state index >= 15 is 0 Å². The fourth-order valence-electron chi connectivity index (χ4n) is 1.60. The number of hydrogen-bond acceptors (Lipinski definition) is 6. The van der Waals surface area contributed by atoms with Crippen LogP contribution < -0.4 is 5.14 Å².